The summed E-state index contributed by atoms with van der Waals surface area (Å²) in [5.41, 5.74) is 6.17. The van der Waals surface area contributed by atoms with Gasteiger partial charge in [0.1, 0.15) is 11.8 Å². The van der Waals surface area contributed by atoms with Crippen LogP contribution in [0.1, 0.15) is 5.56 Å². The molecule has 4 nitrogen and oxygen atoms in total. The third-order valence-corrected chi connectivity index (χ3v) is 2.28. The molecule has 1 aromatic carbocycles. The van der Waals surface area contributed by atoms with Gasteiger partial charge in [0, 0.05) is 0 Å². The fourth-order valence-electron chi connectivity index (χ4n) is 1.18. The maximum Gasteiger partial charge on any atom is 0.320 e. The molecule has 0 aromatic heterocycles. The number of carbonyl (C=O) groups is 1. The molecule has 1 aromatic rings. The topological polar surface area (TPSA) is 72.5 Å². The molecule has 0 aliphatic carbocycles. The van der Waals surface area contributed by atoms with Gasteiger partial charge in [0.2, 0.25) is 0 Å². The standard InChI is InChI=1S/C10H12ClNO3/c1-15-9-3-2-6(4-7(9)11)5-8(12)10(13)14/h2-4,8H,5,12H2,1H3,(H,13,14). The van der Waals surface area contributed by atoms with E-state index in [0.29, 0.717) is 10.8 Å². The number of halogens is 1. The first-order chi connectivity index (χ1) is 7.04. The summed E-state index contributed by atoms with van der Waals surface area (Å²) in [6.07, 6.45) is 0.249. The second-order valence-electron chi connectivity index (χ2n) is 3.12. The van der Waals surface area contributed by atoms with Crippen molar-refractivity contribution in [1.82, 2.24) is 0 Å². The van der Waals surface area contributed by atoms with Crippen LogP contribution in [-0.2, 0) is 11.2 Å². The predicted molar refractivity (Wildman–Crippen MR) is 57.3 cm³/mol. The Bertz CT molecular complexity index is 368. The average molecular weight is 230 g/mol. The molecule has 0 amide bonds. The first-order valence-electron chi connectivity index (χ1n) is 4.35. The summed E-state index contributed by atoms with van der Waals surface area (Å²) in [5, 5.41) is 9.08. The van der Waals surface area contributed by atoms with Gasteiger partial charge in [-0.3, -0.25) is 4.79 Å². The number of carboxylic acid groups (broad SMARTS) is 1. The first kappa shape index (κ1) is 11.8. The number of methoxy groups -OCH3 is 1. The largest absolute Gasteiger partial charge is 0.495 e. The van der Waals surface area contributed by atoms with Gasteiger partial charge in [-0.05, 0) is 24.1 Å². The lowest BCUT2D eigenvalue weighted by Crippen LogP contribution is -2.32. The highest BCUT2D eigenvalue weighted by Crippen LogP contribution is 2.25. The number of nitrogens with two attached hydrogens (primary N) is 1. The number of carboxylic acids is 1. The molecule has 3 N–H and O–H groups in total. The molecule has 0 aliphatic rings. The molecule has 0 aliphatic heterocycles. The lowest BCUT2D eigenvalue weighted by molar-refractivity contribution is -0.138. The minimum absolute atomic E-state index is 0.249. The molecule has 0 heterocycles. The average Bonchev–Trinajstić information content (AvgIpc) is 2.18. The Morgan fingerprint density at radius 2 is 2.33 bits per heavy atom. The molecule has 82 valence electrons. The van der Waals surface area contributed by atoms with E-state index in [1.54, 1.807) is 18.2 Å². The van der Waals surface area contributed by atoms with Crippen LogP contribution in [0.2, 0.25) is 5.02 Å². The van der Waals surface area contributed by atoms with E-state index < -0.39 is 12.0 Å². The van der Waals surface area contributed by atoms with Crippen LogP contribution in [0, 0.1) is 0 Å². The van der Waals surface area contributed by atoms with Crippen LogP contribution in [0.3, 0.4) is 0 Å². The normalized spacial score (nSPS) is 12.2. The molecule has 1 unspecified atom stereocenters. The third-order valence-electron chi connectivity index (χ3n) is 1.99. The molecule has 0 spiro atoms. The molecule has 5 heteroatoms. The van der Waals surface area contributed by atoms with Gasteiger partial charge in [-0.15, -0.1) is 0 Å². The molecule has 1 rings (SSSR count). The van der Waals surface area contributed by atoms with Crippen LogP contribution in [0.15, 0.2) is 18.2 Å². The van der Waals surface area contributed by atoms with Crippen molar-refractivity contribution in [2.24, 2.45) is 5.73 Å². The molecule has 0 bridgehead atoms. The summed E-state index contributed by atoms with van der Waals surface area (Å²) in [6, 6.07) is 4.18. The van der Waals surface area contributed by atoms with Gasteiger partial charge in [0.25, 0.3) is 0 Å². The number of hydrogen-bond acceptors (Lipinski definition) is 3. The van der Waals surface area contributed by atoms with Gasteiger partial charge in [-0.25, -0.2) is 0 Å². The van der Waals surface area contributed by atoms with E-state index in [1.165, 1.54) is 7.11 Å². The first-order valence-corrected chi connectivity index (χ1v) is 4.73. The molecule has 0 radical (unpaired) electrons. The monoisotopic (exact) mass is 229 g/mol. The molecular weight excluding hydrogens is 218 g/mol. The fraction of sp³-hybridized carbons (Fsp3) is 0.300. The SMILES string of the molecule is COc1ccc(CC(N)C(=O)O)cc1Cl. The van der Waals surface area contributed by atoms with E-state index in [9.17, 15) is 4.79 Å². The summed E-state index contributed by atoms with van der Waals surface area (Å²) in [6.45, 7) is 0. The van der Waals surface area contributed by atoms with Crippen LogP contribution in [0.5, 0.6) is 5.75 Å². The van der Waals surface area contributed by atoms with Crippen LogP contribution >= 0.6 is 11.6 Å². The molecule has 0 fully saturated rings. The van der Waals surface area contributed by atoms with Crippen LogP contribution in [-0.4, -0.2) is 24.2 Å². The zero-order valence-electron chi connectivity index (χ0n) is 8.24. The number of benzene rings is 1. The van der Waals surface area contributed by atoms with Crippen molar-refractivity contribution in [3.8, 4) is 5.75 Å². The maximum atomic E-state index is 10.5. The van der Waals surface area contributed by atoms with E-state index in [1.807, 2.05) is 0 Å². The van der Waals surface area contributed by atoms with Crippen molar-refractivity contribution in [3.63, 3.8) is 0 Å². The highest BCUT2D eigenvalue weighted by Gasteiger charge is 2.12. The zero-order chi connectivity index (χ0) is 11.4. The molecular formula is C10H12ClNO3. The fourth-order valence-corrected chi connectivity index (χ4v) is 1.46. The highest BCUT2D eigenvalue weighted by molar-refractivity contribution is 6.32. The number of aliphatic carboxylic acids is 1. The molecule has 0 saturated carbocycles. The Labute approximate surface area is 92.6 Å². The van der Waals surface area contributed by atoms with E-state index in [-0.39, 0.29) is 6.42 Å². The van der Waals surface area contributed by atoms with Crippen molar-refractivity contribution in [1.29, 1.82) is 0 Å². The zero-order valence-corrected chi connectivity index (χ0v) is 8.99. The Balaban J connectivity index is 2.79. The highest BCUT2D eigenvalue weighted by atomic mass is 35.5. The maximum absolute atomic E-state index is 10.5. The predicted octanol–water partition coefficient (Wildman–Crippen LogP) is 1.30. The van der Waals surface area contributed by atoms with Gasteiger partial charge in [0.15, 0.2) is 0 Å². The lowest BCUT2D eigenvalue weighted by Gasteiger charge is -2.08. The quantitative estimate of drug-likeness (QED) is 0.817. The summed E-state index contributed by atoms with van der Waals surface area (Å²) in [7, 11) is 1.52. The number of rotatable bonds is 4. The van der Waals surface area contributed by atoms with Crippen molar-refractivity contribution in [2.75, 3.05) is 7.11 Å². The summed E-state index contributed by atoms with van der Waals surface area (Å²) < 4.78 is 4.97. The van der Waals surface area contributed by atoms with Gasteiger partial charge in [-0.1, -0.05) is 17.7 Å². The van der Waals surface area contributed by atoms with Crippen LogP contribution in [0.4, 0.5) is 0 Å². The van der Waals surface area contributed by atoms with Crippen LogP contribution < -0.4 is 10.5 Å². The Hall–Kier alpha value is -1.26. The number of ether oxygens (including phenoxy) is 1. The molecule has 1 atom stereocenters. The summed E-state index contributed by atoms with van der Waals surface area (Å²) in [4.78, 5) is 10.5. The minimum atomic E-state index is -1.03. The van der Waals surface area contributed by atoms with Crippen molar-refractivity contribution in [2.45, 2.75) is 12.5 Å². The Morgan fingerprint density at radius 3 is 2.80 bits per heavy atom. The Kier molecular flexibility index (Phi) is 3.94. The van der Waals surface area contributed by atoms with E-state index in [0.717, 1.165) is 5.56 Å². The summed E-state index contributed by atoms with van der Waals surface area (Å²) >= 11 is 5.88. The second kappa shape index (κ2) is 5.00. The van der Waals surface area contributed by atoms with E-state index in [4.69, 9.17) is 27.2 Å². The second-order valence-corrected chi connectivity index (χ2v) is 3.52. The third kappa shape index (κ3) is 3.11. The lowest BCUT2D eigenvalue weighted by atomic mass is 10.1. The van der Waals surface area contributed by atoms with Crippen molar-refractivity contribution in [3.05, 3.63) is 28.8 Å². The smallest absolute Gasteiger partial charge is 0.320 e. The molecule has 0 saturated heterocycles. The minimum Gasteiger partial charge on any atom is -0.495 e. The van der Waals surface area contributed by atoms with Gasteiger partial charge < -0.3 is 15.6 Å². The van der Waals surface area contributed by atoms with Crippen molar-refractivity contribution < 1.29 is 14.6 Å². The van der Waals surface area contributed by atoms with Gasteiger partial charge in [-0.2, -0.15) is 0 Å². The number of hydrogen-bond donors (Lipinski definition) is 2. The van der Waals surface area contributed by atoms with Crippen LogP contribution in [0.25, 0.3) is 0 Å². The van der Waals surface area contributed by atoms with Gasteiger partial charge in [0.05, 0.1) is 12.1 Å². The molecule has 15 heavy (non-hydrogen) atoms. The van der Waals surface area contributed by atoms with E-state index >= 15 is 0 Å². The van der Waals surface area contributed by atoms with Crippen molar-refractivity contribution >= 4 is 17.6 Å². The summed E-state index contributed by atoms with van der Waals surface area (Å²) in [5.74, 6) is -0.466. The Morgan fingerprint density at radius 1 is 1.67 bits per heavy atom. The van der Waals surface area contributed by atoms with E-state index in [2.05, 4.69) is 0 Å². The van der Waals surface area contributed by atoms with Gasteiger partial charge >= 0.3 is 5.97 Å².